The van der Waals surface area contributed by atoms with Gasteiger partial charge in [-0.25, -0.2) is 9.97 Å². The van der Waals surface area contributed by atoms with Crippen LogP contribution < -0.4 is 0 Å². The third kappa shape index (κ3) is 1.48. The minimum absolute atomic E-state index is 0.458. The molecule has 2 aliphatic rings. The number of nitrogens with zero attached hydrogens (tertiary/aromatic N) is 3. The first kappa shape index (κ1) is 10.5. The number of rotatable bonds is 2. The number of pyridine rings is 1. The molecule has 2 aromatic heterocycles. The lowest BCUT2D eigenvalue weighted by Crippen LogP contribution is -2.21. The maximum Gasteiger partial charge on any atom is 0.160 e. The molecular weight excluding hydrogens is 226 g/mol. The van der Waals surface area contributed by atoms with Crippen LogP contribution in [0.4, 0.5) is 0 Å². The predicted octanol–water partition coefficient (Wildman–Crippen LogP) is 2.66. The maximum absolute atomic E-state index is 5.52. The van der Waals surface area contributed by atoms with Crippen LogP contribution in [0, 0.1) is 0 Å². The van der Waals surface area contributed by atoms with Gasteiger partial charge in [0.05, 0.1) is 6.61 Å². The molecule has 1 unspecified atom stereocenters. The summed E-state index contributed by atoms with van der Waals surface area (Å²) in [4.78, 5) is 9.35. The monoisotopic (exact) mass is 243 g/mol. The predicted molar refractivity (Wildman–Crippen MR) is 68.6 cm³/mol. The van der Waals surface area contributed by atoms with Gasteiger partial charge in [0.15, 0.2) is 5.65 Å². The highest BCUT2D eigenvalue weighted by Gasteiger charge is 2.30. The number of ether oxygens (including phenoxy) is 1. The van der Waals surface area contributed by atoms with E-state index in [1.165, 1.54) is 25.1 Å². The van der Waals surface area contributed by atoms with Gasteiger partial charge in [-0.15, -0.1) is 0 Å². The summed E-state index contributed by atoms with van der Waals surface area (Å²) in [6.45, 7) is 1.68. The third-order valence-corrected chi connectivity index (χ3v) is 4.21. The van der Waals surface area contributed by atoms with E-state index in [1.54, 1.807) is 0 Å². The Kier molecular flexibility index (Phi) is 2.36. The van der Waals surface area contributed by atoms with Crippen LogP contribution in [0.1, 0.15) is 43.5 Å². The molecule has 94 valence electrons. The van der Waals surface area contributed by atoms with Gasteiger partial charge in [-0.05, 0) is 37.8 Å². The van der Waals surface area contributed by atoms with Gasteiger partial charge in [-0.2, -0.15) is 0 Å². The highest BCUT2D eigenvalue weighted by Crippen LogP contribution is 2.38. The Morgan fingerprint density at radius 2 is 2.22 bits per heavy atom. The van der Waals surface area contributed by atoms with E-state index in [4.69, 9.17) is 9.72 Å². The lowest BCUT2D eigenvalue weighted by molar-refractivity contribution is 0.191. The largest absolute Gasteiger partial charge is 0.381 e. The molecule has 1 saturated heterocycles. The molecule has 0 bridgehead atoms. The summed E-state index contributed by atoms with van der Waals surface area (Å²) in [7, 11) is 0. The standard InChI is InChI=1S/C14H17N3O/c1-3-11(4-1)17-13(10-6-8-18-9-10)16-12-5-2-7-15-14(12)17/h2,5,7,10-11H,1,3-4,6,8-9H2. The molecule has 4 heteroatoms. The van der Waals surface area contributed by atoms with Gasteiger partial charge in [0.2, 0.25) is 0 Å². The minimum Gasteiger partial charge on any atom is -0.381 e. The van der Waals surface area contributed by atoms with Crippen LogP contribution in [0.5, 0.6) is 0 Å². The average molecular weight is 243 g/mol. The van der Waals surface area contributed by atoms with Crippen molar-refractivity contribution >= 4 is 11.2 Å². The van der Waals surface area contributed by atoms with Crippen molar-refractivity contribution in [2.75, 3.05) is 13.2 Å². The van der Waals surface area contributed by atoms with E-state index < -0.39 is 0 Å². The quantitative estimate of drug-likeness (QED) is 0.814. The van der Waals surface area contributed by atoms with Crippen LogP contribution in [-0.2, 0) is 4.74 Å². The Labute approximate surface area is 106 Å². The minimum atomic E-state index is 0.458. The molecule has 4 rings (SSSR count). The van der Waals surface area contributed by atoms with E-state index in [0.29, 0.717) is 12.0 Å². The molecule has 0 spiro atoms. The lowest BCUT2D eigenvalue weighted by atomic mass is 9.92. The van der Waals surface area contributed by atoms with Crippen molar-refractivity contribution < 1.29 is 4.74 Å². The van der Waals surface area contributed by atoms with Crippen LogP contribution in [0.3, 0.4) is 0 Å². The molecule has 0 radical (unpaired) electrons. The van der Waals surface area contributed by atoms with E-state index in [9.17, 15) is 0 Å². The second-order valence-electron chi connectivity index (χ2n) is 5.33. The van der Waals surface area contributed by atoms with Crippen molar-refractivity contribution in [3.63, 3.8) is 0 Å². The second kappa shape index (κ2) is 4.05. The molecule has 1 aliphatic carbocycles. The van der Waals surface area contributed by atoms with E-state index >= 15 is 0 Å². The van der Waals surface area contributed by atoms with Gasteiger partial charge in [0.25, 0.3) is 0 Å². The van der Waals surface area contributed by atoms with Crippen molar-refractivity contribution in [3.8, 4) is 0 Å². The van der Waals surface area contributed by atoms with Crippen molar-refractivity contribution in [1.29, 1.82) is 0 Å². The fourth-order valence-corrected chi connectivity index (χ4v) is 2.98. The number of hydrogen-bond donors (Lipinski definition) is 0. The summed E-state index contributed by atoms with van der Waals surface area (Å²) in [5, 5.41) is 0. The number of hydrogen-bond acceptors (Lipinski definition) is 3. The van der Waals surface area contributed by atoms with Crippen molar-refractivity contribution in [3.05, 3.63) is 24.2 Å². The van der Waals surface area contributed by atoms with Crippen LogP contribution in [-0.4, -0.2) is 27.7 Å². The summed E-state index contributed by atoms with van der Waals surface area (Å²) in [6, 6.07) is 4.65. The van der Waals surface area contributed by atoms with Gasteiger partial charge < -0.3 is 9.30 Å². The Hall–Kier alpha value is -1.42. The smallest absolute Gasteiger partial charge is 0.160 e. The number of aromatic nitrogens is 3. The Balaban J connectivity index is 1.88. The Morgan fingerprint density at radius 3 is 2.94 bits per heavy atom. The second-order valence-corrected chi connectivity index (χ2v) is 5.33. The molecule has 2 aromatic rings. The first-order valence-corrected chi connectivity index (χ1v) is 6.84. The molecular formula is C14H17N3O. The summed E-state index contributed by atoms with van der Waals surface area (Å²) in [6.07, 6.45) is 6.83. The van der Waals surface area contributed by atoms with Gasteiger partial charge >= 0.3 is 0 Å². The van der Waals surface area contributed by atoms with E-state index in [1.807, 2.05) is 12.3 Å². The molecule has 4 nitrogen and oxygen atoms in total. The van der Waals surface area contributed by atoms with Gasteiger partial charge in [-0.1, -0.05) is 0 Å². The molecule has 2 fully saturated rings. The maximum atomic E-state index is 5.52. The molecule has 3 heterocycles. The van der Waals surface area contributed by atoms with Crippen molar-refractivity contribution in [2.45, 2.75) is 37.6 Å². The summed E-state index contributed by atoms with van der Waals surface area (Å²) in [5.41, 5.74) is 2.09. The summed E-state index contributed by atoms with van der Waals surface area (Å²) >= 11 is 0. The Bertz CT molecular complexity index is 567. The van der Waals surface area contributed by atoms with E-state index in [-0.39, 0.29) is 0 Å². The van der Waals surface area contributed by atoms with Crippen molar-refractivity contribution in [2.24, 2.45) is 0 Å². The zero-order valence-corrected chi connectivity index (χ0v) is 10.4. The fraction of sp³-hybridized carbons (Fsp3) is 0.571. The van der Waals surface area contributed by atoms with Crippen LogP contribution in [0.15, 0.2) is 18.3 Å². The lowest BCUT2D eigenvalue weighted by Gasteiger charge is -2.29. The average Bonchev–Trinajstić information content (AvgIpc) is 2.94. The van der Waals surface area contributed by atoms with Crippen molar-refractivity contribution in [1.82, 2.24) is 14.5 Å². The molecule has 0 N–H and O–H groups in total. The number of imidazole rings is 1. The van der Waals surface area contributed by atoms with Crippen LogP contribution in [0.25, 0.3) is 11.2 Å². The third-order valence-electron chi connectivity index (χ3n) is 4.21. The highest BCUT2D eigenvalue weighted by molar-refractivity contribution is 5.71. The first-order chi connectivity index (χ1) is 8.93. The molecule has 0 amide bonds. The first-order valence-electron chi connectivity index (χ1n) is 6.84. The molecule has 18 heavy (non-hydrogen) atoms. The van der Waals surface area contributed by atoms with Gasteiger partial charge in [0.1, 0.15) is 11.3 Å². The fourth-order valence-electron chi connectivity index (χ4n) is 2.98. The molecule has 1 saturated carbocycles. The van der Waals surface area contributed by atoms with Crippen LogP contribution >= 0.6 is 0 Å². The number of fused-ring (bicyclic) bond motifs is 1. The summed E-state index contributed by atoms with van der Waals surface area (Å²) in [5.74, 6) is 1.66. The SMILES string of the molecule is c1cnc2c(c1)nc(C1CCOC1)n2C1CCC1. The zero-order valence-electron chi connectivity index (χ0n) is 10.4. The topological polar surface area (TPSA) is 39.9 Å². The van der Waals surface area contributed by atoms with E-state index in [2.05, 4.69) is 15.6 Å². The molecule has 1 aliphatic heterocycles. The summed E-state index contributed by atoms with van der Waals surface area (Å²) < 4.78 is 7.91. The van der Waals surface area contributed by atoms with Gasteiger partial charge in [-0.3, -0.25) is 0 Å². The molecule has 0 aromatic carbocycles. The molecule has 1 atom stereocenters. The highest BCUT2D eigenvalue weighted by atomic mass is 16.5. The zero-order chi connectivity index (χ0) is 11.9. The normalized spacial score (nSPS) is 24.6. The van der Waals surface area contributed by atoms with Crippen LogP contribution in [0.2, 0.25) is 0 Å². The van der Waals surface area contributed by atoms with Gasteiger partial charge in [0, 0.05) is 24.8 Å². The van der Waals surface area contributed by atoms with E-state index in [0.717, 1.165) is 30.8 Å². The Morgan fingerprint density at radius 1 is 1.28 bits per heavy atom.